The van der Waals surface area contributed by atoms with Gasteiger partial charge in [-0.2, -0.15) is 0 Å². The van der Waals surface area contributed by atoms with Gasteiger partial charge in [-0.05, 0) is 55.3 Å². The summed E-state index contributed by atoms with van der Waals surface area (Å²) in [4.78, 5) is 28.8. The number of likely N-dealkylation sites (tertiary alicyclic amines) is 1. The summed E-state index contributed by atoms with van der Waals surface area (Å²) >= 11 is 12.2. The van der Waals surface area contributed by atoms with Crippen molar-refractivity contribution in [3.05, 3.63) is 74.0 Å². The Bertz CT molecular complexity index is 1270. The van der Waals surface area contributed by atoms with Crippen LogP contribution in [0.4, 0.5) is 0 Å². The number of carbonyl (C=O) groups excluding carboxylic acids is 1. The molecular formula is C26H30Cl2N4O4. The third-order valence-electron chi connectivity index (χ3n) is 6.62. The van der Waals surface area contributed by atoms with E-state index < -0.39 is 6.10 Å². The third kappa shape index (κ3) is 6.57. The van der Waals surface area contributed by atoms with Gasteiger partial charge in [0, 0.05) is 43.5 Å². The quantitative estimate of drug-likeness (QED) is 0.288. The van der Waals surface area contributed by atoms with E-state index in [0.717, 1.165) is 31.5 Å². The van der Waals surface area contributed by atoms with E-state index in [2.05, 4.69) is 20.5 Å². The van der Waals surface area contributed by atoms with Crippen LogP contribution in [0.2, 0.25) is 10.0 Å². The predicted molar refractivity (Wildman–Crippen MR) is 142 cm³/mol. The lowest BCUT2D eigenvalue weighted by molar-refractivity contribution is -0.121. The van der Waals surface area contributed by atoms with Crippen LogP contribution in [0.1, 0.15) is 36.5 Å². The monoisotopic (exact) mass is 532 g/mol. The first-order valence-electron chi connectivity index (χ1n) is 12.0. The Morgan fingerprint density at radius 2 is 1.92 bits per heavy atom. The molecule has 3 aromatic rings. The first-order chi connectivity index (χ1) is 17.3. The van der Waals surface area contributed by atoms with Crippen LogP contribution in [0.15, 0.2) is 47.3 Å². The normalized spacial score (nSPS) is 15.8. The molecule has 1 fully saturated rings. The lowest BCUT2D eigenvalue weighted by Crippen LogP contribution is -2.44. The van der Waals surface area contributed by atoms with Crippen molar-refractivity contribution in [1.29, 1.82) is 0 Å². The van der Waals surface area contributed by atoms with Crippen LogP contribution >= 0.6 is 23.2 Å². The van der Waals surface area contributed by atoms with Crippen LogP contribution < -0.4 is 16.2 Å². The molecule has 2 aromatic carbocycles. The van der Waals surface area contributed by atoms with Gasteiger partial charge in [0.15, 0.2) is 0 Å². The molecule has 1 aliphatic heterocycles. The van der Waals surface area contributed by atoms with Gasteiger partial charge in [0.25, 0.3) is 0 Å². The van der Waals surface area contributed by atoms with Crippen molar-refractivity contribution in [2.24, 2.45) is 0 Å². The van der Waals surface area contributed by atoms with Crippen molar-refractivity contribution in [3.63, 3.8) is 0 Å². The number of phenolic OH excluding ortho intramolecular Hbond substituents is 1. The number of carbonyl (C=O) groups is 1. The number of H-pyrrole nitrogens is 1. The molecule has 5 N–H and O–H groups in total. The van der Waals surface area contributed by atoms with Crippen LogP contribution in [0.25, 0.3) is 10.9 Å². The molecule has 0 radical (unpaired) electrons. The lowest BCUT2D eigenvalue weighted by atomic mass is 10.0. The number of aromatic hydroxyl groups is 1. The number of aromatic nitrogens is 1. The Balaban J connectivity index is 1.19. The average Bonchev–Trinajstić information content (AvgIpc) is 2.88. The van der Waals surface area contributed by atoms with Crippen LogP contribution in [0, 0.1) is 0 Å². The van der Waals surface area contributed by atoms with Crippen molar-refractivity contribution in [2.45, 2.75) is 38.0 Å². The number of pyridine rings is 1. The number of amides is 1. The zero-order chi connectivity index (χ0) is 25.7. The van der Waals surface area contributed by atoms with Gasteiger partial charge in [-0.3, -0.25) is 9.59 Å². The smallest absolute Gasteiger partial charge is 0.248 e. The highest BCUT2D eigenvalue weighted by molar-refractivity contribution is 6.42. The molecule has 10 heteroatoms. The summed E-state index contributed by atoms with van der Waals surface area (Å²) in [6.07, 6.45) is 1.45. The molecule has 1 atom stereocenters. The first-order valence-corrected chi connectivity index (χ1v) is 12.8. The highest BCUT2D eigenvalue weighted by Crippen LogP contribution is 2.29. The van der Waals surface area contributed by atoms with E-state index in [9.17, 15) is 19.8 Å². The first kappa shape index (κ1) is 26.4. The number of aliphatic hydroxyl groups excluding tert-OH is 1. The maximum absolute atomic E-state index is 12.3. The van der Waals surface area contributed by atoms with Crippen molar-refractivity contribution in [2.75, 3.05) is 26.2 Å². The summed E-state index contributed by atoms with van der Waals surface area (Å²) in [5.41, 5.74) is 1.46. The van der Waals surface area contributed by atoms with Crippen LogP contribution in [-0.4, -0.2) is 58.2 Å². The molecule has 8 nitrogen and oxygen atoms in total. The van der Waals surface area contributed by atoms with E-state index in [1.807, 2.05) is 12.1 Å². The largest absolute Gasteiger partial charge is 0.506 e. The second kappa shape index (κ2) is 12.1. The van der Waals surface area contributed by atoms with E-state index in [-0.39, 0.29) is 23.3 Å². The number of aromatic amines is 1. The fraction of sp³-hybridized carbons (Fsp3) is 0.385. The number of halogens is 2. The van der Waals surface area contributed by atoms with Crippen molar-refractivity contribution >= 4 is 40.0 Å². The second-order valence-electron chi connectivity index (χ2n) is 9.06. The molecule has 1 aromatic heterocycles. The summed E-state index contributed by atoms with van der Waals surface area (Å²) < 4.78 is 0. The Kier molecular flexibility index (Phi) is 8.87. The minimum absolute atomic E-state index is 0.0269. The molecule has 1 saturated heterocycles. The summed E-state index contributed by atoms with van der Waals surface area (Å²) in [7, 11) is 0. The molecule has 4 rings (SSSR count). The zero-order valence-electron chi connectivity index (χ0n) is 19.8. The van der Waals surface area contributed by atoms with E-state index in [1.165, 1.54) is 12.1 Å². The number of fused-ring (bicyclic) bond motifs is 1. The molecule has 0 aliphatic carbocycles. The standard InChI is InChI=1S/C26H30Cl2N4O4/c27-20-3-1-2-16(25(20)28)14-30-23(35)10-13-32-11-8-17(9-12-32)29-15-22(34)18-4-6-21(33)26-19(18)5-7-24(36)31-26/h1-7,17,22,29,33-34H,8-15H2,(H,30,35)(H,31,36). The maximum Gasteiger partial charge on any atom is 0.248 e. The average molecular weight is 533 g/mol. The molecule has 1 aliphatic rings. The van der Waals surface area contributed by atoms with Gasteiger partial charge < -0.3 is 30.7 Å². The Hall–Kier alpha value is -2.62. The van der Waals surface area contributed by atoms with Crippen molar-refractivity contribution in [3.8, 4) is 5.75 Å². The van der Waals surface area contributed by atoms with E-state index in [1.54, 1.807) is 18.2 Å². The van der Waals surface area contributed by atoms with Crippen LogP contribution in [0.5, 0.6) is 5.75 Å². The summed E-state index contributed by atoms with van der Waals surface area (Å²) in [5, 5.41) is 28.7. The highest BCUT2D eigenvalue weighted by atomic mass is 35.5. The molecule has 0 saturated carbocycles. The molecular weight excluding hydrogens is 503 g/mol. The lowest BCUT2D eigenvalue weighted by Gasteiger charge is -2.32. The Morgan fingerprint density at radius 1 is 1.14 bits per heavy atom. The van der Waals surface area contributed by atoms with Gasteiger partial charge in [0.1, 0.15) is 5.75 Å². The topological polar surface area (TPSA) is 118 Å². The molecule has 2 heterocycles. The third-order valence-corrected chi connectivity index (χ3v) is 7.47. The molecule has 1 amide bonds. The molecule has 0 bridgehead atoms. The number of phenols is 1. The summed E-state index contributed by atoms with van der Waals surface area (Å²) in [5.74, 6) is -0.0576. The number of rotatable bonds is 9. The number of nitrogens with one attached hydrogen (secondary N) is 3. The minimum Gasteiger partial charge on any atom is -0.506 e. The Labute approximate surface area is 219 Å². The molecule has 192 valence electrons. The van der Waals surface area contributed by atoms with E-state index in [4.69, 9.17) is 23.2 Å². The minimum atomic E-state index is -0.784. The number of nitrogens with zero attached hydrogens (tertiary/aromatic N) is 1. The van der Waals surface area contributed by atoms with E-state index >= 15 is 0 Å². The van der Waals surface area contributed by atoms with Crippen molar-refractivity contribution in [1.82, 2.24) is 20.5 Å². The summed E-state index contributed by atoms with van der Waals surface area (Å²) in [6.45, 7) is 3.12. The molecule has 0 spiro atoms. The van der Waals surface area contributed by atoms with Crippen LogP contribution in [-0.2, 0) is 11.3 Å². The number of benzene rings is 2. The zero-order valence-corrected chi connectivity index (χ0v) is 21.3. The summed E-state index contributed by atoms with van der Waals surface area (Å²) in [6, 6.07) is 11.8. The Morgan fingerprint density at radius 3 is 2.69 bits per heavy atom. The highest BCUT2D eigenvalue weighted by Gasteiger charge is 2.21. The SMILES string of the molecule is O=C(CCN1CCC(NCC(O)c2ccc(O)c3[nH]c(=O)ccc23)CC1)NCc1cccc(Cl)c1Cl. The van der Waals surface area contributed by atoms with Gasteiger partial charge in [-0.1, -0.05) is 41.4 Å². The second-order valence-corrected chi connectivity index (χ2v) is 9.85. The number of hydrogen-bond donors (Lipinski definition) is 5. The van der Waals surface area contributed by atoms with Gasteiger partial charge in [0.2, 0.25) is 11.5 Å². The van der Waals surface area contributed by atoms with Gasteiger partial charge in [-0.15, -0.1) is 0 Å². The van der Waals surface area contributed by atoms with Gasteiger partial charge in [0.05, 0.1) is 21.7 Å². The van der Waals surface area contributed by atoms with Gasteiger partial charge in [-0.25, -0.2) is 0 Å². The fourth-order valence-corrected chi connectivity index (χ4v) is 4.91. The number of piperidine rings is 1. The number of hydrogen-bond acceptors (Lipinski definition) is 6. The van der Waals surface area contributed by atoms with Crippen LogP contribution in [0.3, 0.4) is 0 Å². The number of aliphatic hydroxyl groups is 1. The maximum atomic E-state index is 12.3. The molecule has 1 unspecified atom stereocenters. The molecule has 36 heavy (non-hydrogen) atoms. The predicted octanol–water partition coefficient (Wildman–Crippen LogP) is 3.33. The van der Waals surface area contributed by atoms with E-state index in [0.29, 0.717) is 52.6 Å². The van der Waals surface area contributed by atoms with Gasteiger partial charge >= 0.3 is 0 Å². The van der Waals surface area contributed by atoms with Crippen molar-refractivity contribution < 1.29 is 15.0 Å². The fourth-order valence-electron chi connectivity index (χ4n) is 4.53.